The van der Waals surface area contributed by atoms with E-state index in [-0.39, 0.29) is 0 Å². The van der Waals surface area contributed by atoms with E-state index in [1.54, 1.807) is 0 Å². The second kappa shape index (κ2) is 14.9. The molecule has 0 aliphatic heterocycles. The Morgan fingerprint density at radius 2 is 1.20 bits per heavy atom. The molecule has 0 rings (SSSR count). The molecule has 2 atom stereocenters. The van der Waals surface area contributed by atoms with Crippen molar-refractivity contribution in [2.75, 3.05) is 34.3 Å². The van der Waals surface area contributed by atoms with Gasteiger partial charge in [-0.25, -0.2) is 8.42 Å². The molecule has 0 heterocycles. The van der Waals surface area contributed by atoms with E-state index in [1.807, 2.05) is 0 Å². The normalized spacial score (nSPS) is 14.6. The molecule has 0 saturated heterocycles. The summed E-state index contributed by atoms with van der Waals surface area (Å²) >= 11 is 0. The Labute approximate surface area is 157 Å². The fourth-order valence-electron chi connectivity index (χ4n) is 3.31. The smallest absolute Gasteiger partial charge is 0.217 e. The molecule has 0 fully saturated rings. The van der Waals surface area contributed by atoms with Gasteiger partial charge in [-0.2, -0.15) is 0 Å². The van der Waals surface area contributed by atoms with Crippen LogP contribution in [-0.4, -0.2) is 51.7 Å². The number of hydrogen-bond donors (Lipinski definition) is 0. The second-order valence-electron chi connectivity index (χ2n) is 7.71. The monoisotopic (exact) mass is 381 g/mol. The van der Waals surface area contributed by atoms with Gasteiger partial charge < -0.3 is 9.04 Å². The summed E-state index contributed by atoms with van der Waals surface area (Å²) < 4.78 is 32.2. The van der Waals surface area contributed by atoms with E-state index in [9.17, 15) is 13.0 Å². The number of hydrogen-bond acceptors (Lipinski definition) is 4. The van der Waals surface area contributed by atoms with Crippen molar-refractivity contribution in [1.29, 1.82) is 0 Å². The minimum Gasteiger partial charge on any atom is -0.726 e. The summed E-state index contributed by atoms with van der Waals surface area (Å²) in [7, 11) is 1.29. The standard InChI is InChI=1S/C18H40N.CH4O4S/c1-7-11-13-17(9-3)15-19(5,6)16-18(10-4)14-12-8-2;1-5-6(2,3)4/h17-18H,7-16H2,1-6H3;1H3,(H,2,3,4)/q+1;/p-1. The summed E-state index contributed by atoms with van der Waals surface area (Å²) in [6.45, 7) is 12.1. The molecule has 0 amide bonds. The van der Waals surface area contributed by atoms with Crippen LogP contribution < -0.4 is 0 Å². The first-order valence-corrected chi connectivity index (χ1v) is 11.2. The molecule has 6 heteroatoms. The quantitative estimate of drug-likeness (QED) is 0.266. The number of rotatable bonds is 13. The molecule has 0 bridgehead atoms. The van der Waals surface area contributed by atoms with Crippen LogP contribution in [0.1, 0.15) is 79.1 Å². The van der Waals surface area contributed by atoms with Crippen molar-refractivity contribution in [3.05, 3.63) is 0 Å². The molecule has 0 aromatic rings. The van der Waals surface area contributed by atoms with Crippen LogP contribution in [0.4, 0.5) is 0 Å². The van der Waals surface area contributed by atoms with Gasteiger partial charge in [0.1, 0.15) is 0 Å². The predicted molar refractivity (Wildman–Crippen MR) is 105 cm³/mol. The number of quaternary nitrogens is 1. The van der Waals surface area contributed by atoms with Gasteiger partial charge in [-0.05, 0) is 25.7 Å². The molecular weight excluding hydrogens is 338 g/mol. The number of unbranched alkanes of at least 4 members (excludes halogenated alkanes) is 2. The Morgan fingerprint density at radius 3 is 1.40 bits per heavy atom. The summed E-state index contributed by atoms with van der Waals surface area (Å²) in [5.41, 5.74) is 0. The number of nitrogens with zero attached hydrogens (tertiary/aromatic N) is 1. The second-order valence-corrected chi connectivity index (χ2v) is 8.86. The molecule has 0 spiro atoms. The molecule has 25 heavy (non-hydrogen) atoms. The van der Waals surface area contributed by atoms with Crippen molar-refractivity contribution in [2.45, 2.75) is 79.1 Å². The molecule has 154 valence electrons. The molecule has 0 aliphatic carbocycles. The van der Waals surface area contributed by atoms with E-state index in [1.165, 1.54) is 68.9 Å². The zero-order valence-corrected chi connectivity index (χ0v) is 18.5. The molecule has 2 unspecified atom stereocenters. The highest BCUT2D eigenvalue weighted by Crippen LogP contribution is 2.21. The summed E-state index contributed by atoms with van der Waals surface area (Å²) in [6, 6.07) is 0. The lowest BCUT2D eigenvalue weighted by molar-refractivity contribution is -0.897. The summed E-state index contributed by atoms with van der Waals surface area (Å²) in [4.78, 5) is 0. The van der Waals surface area contributed by atoms with Crippen LogP contribution in [-0.2, 0) is 14.6 Å². The zero-order chi connectivity index (χ0) is 19.9. The van der Waals surface area contributed by atoms with Crippen molar-refractivity contribution in [3.63, 3.8) is 0 Å². The van der Waals surface area contributed by atoms with Gasteiger partial charge >= 0.3 is 0 Å². The fraction of sp³-hybridized carbons (Fsp3) is 1.00. The molecule has 0 saturated carbocycles. The minimum absolute atomic E-state index is 0.808. The highest BCUT2D eigenvalue weighted by atomic mass is 32.3. The van der Waals surface area contributed by atoms with Crippen LogP contribution in [0, 0.1) is 11.8 Å². The molecule has 0 aromatic carbocycles. The summed E-state index contributed by atoms with van der Waals surface area (Å²) in [5, 5.41) is 0. The Kier molecular flexibility index (Phi) is 16.2. The first-order valence-electron chi connectivity index (χ1n) is 9.88. The maximum atomic E-state index is 9.22. The Balaban J connectivity index is 0. The van der Waals surface area contributed by atoms with E-state index in [2.05, 4.69) is 46.0 Å². The van der Waals surface area contributed by atoms with Gasteiger partial charge in [0.2, 0.25) is 10.4 Å². The fourth-order valence-corrected chi connectivity index (χ4v) is 3.31. The van der Waals surface area contributed by atoms with Crippen LogP contribution in [0.5, 0.6) is 0 Å². The SMILES string of the molecule is CCCCC(CC)C[N+](C)(C)CC(CC)CCCC.COS(=O)(=O)[O-]. The molecule has 0 radical (unpaired) electrons. The van der Waals surface area contributed by atoms with Crippen molar-refractivity contribution >= 4 is 10.4 Å². The lowest BCUT2D eigenvalue weighted by Gasteiger charge is -2.36. The molecule has 0 N–H and O–H groups in total. The van der Waals surface area contributed by atoms with E-state index >= 15 is 0 Å². The van der Waals surface area contributed by atoms with E-state index in [0.717, 1.165) is 18.9 Å². The largest absolute Gasteiger partial charge is 0.726 e. The van der Waals surface area contributed by atoms with Gasteiger partial charge in [0.15, 0.2) is 0 Å². The van der Waals surface area contributed by atoms with E-state index < -0.39 is 10.4 Å². The maximum absolute atomic E-state index is 9.22. The Hall–Kier alpha value is -0.170. The average molecular weight is 382 g/mol. The van der Waals surface area contributed by atoms with Crippen LogP contribution in [0.3, 0.4) is 0 Å². The van der Waals surface area contributed by atoms with Gasteiger partial charge in [-0.15, -0.1) is 0 Å². The van der Waals surface area contributed by atoms with Crippen molar-refractivity contribution in [1.82, 2.24) is 0 Å². The lowest BCUT2D eigenvalue weighted by Crippen LogP contribution is -2.46. The predicted octanol–water partition coefficient (Wildman–Crippen LogP) is 4.59. The summed E-state index contributed by atoms with van der Waals surface area (Å²) in [6.07, 6.45) is 11.1. The third-order valence-corrected chi connectivity index (χ3v) is 5.20. The molecule has 0 aliphatic rings. The van der Waals surface area contributed by atoms with Crippen molar-refractivity contribution in [3.8, 4) is 0 Å². The van der Waals surface area contributed by atoms with Crippen LogP contribution >= 0.6 is 0 Å². The third kappa shape index (κ3) is 18.4. The Bertz CT molecular complexity index is 376. The highest BCUT2D eigenvalue weighted by molar-refractivity contribution is 7.80. The molecular formula is C19H43NO4S. The van der Waals surface area contributed by atoms with E-state index in [4.69, 9.17) is 0 Å². The first kappa shape index (κ1) is 27.1. The maximum Gasteiger partial charge on any atom is 0.217 e. The van der Waals surface area contributed by atoms with Gasteiger partial charge in [0.05, 0.1) is 34.3 Å². The van der Waals surface area contributed by atoms with Gasteiger partial charge in [-0.3, -0.25) is 4.18 Å². The molecule has 0 aromatic heterocycles. The van der Waals surface area contributed by atoms with E-state index in [0.29, 0.717) is 0 Å². The first-order chi connectivity index (χ1) is 11.5. The highest BCUT2D eigenvalue weighted by Gasteiger charge is 2.24. The van der Waals surface area contributed by atoms with Crippen molar-refractivity contribution < 1.29 is 21.6 Å². The minimum atomic E-state index is -4.41. The topological polar surface area (TPSA) is 66.4 Å². The van der Waals surface area contributed by atoms with Gasteiger partial charge in [0, 0.05) is 11.8 Å². The van der Waals surface area contributed by atoms with Crippen LogP contribution in [0.2, 0.25) is 0 Å². The zero-order valence-electron chi connectivity index (χ0n) is 17.7. The lowest BCUT2D eigenvalue weighted by atomic mass is 9.95. The van der Waals surface area contributed by atoms with Crippen LogP contribution in [0.15, 0.2) is 0 Å². The van der Waals surface area contributed by atoms with Gasteiger partial charge in [0.25, 0.3) is 0 Å². The van der Waals surface area contributed by atoms with Gasteiger partial charge in [-0.1, -0.05) is 53.4 Å². The average Bonchev–Trinajstić information content (AvgIpc) is 2.55. The van der Waals surface area contributed by atoms with Crippen LogP contribution in [0.25, 0.3) is 0 Å². The molecule has 5 nitrogen and oxygen atoms in total. The van der Waals surface area contributed by atoms with Crippen molar-refractivity contribution in [2.24, 2.45) is 11.8 Å². The Morgan fingerprint density at radius 1 is 0.880 bits per heavy atom. The third-order valence-electron chi connectivity index (χ3n) is 4.80. The summed E-state index contributed by atoms with van der Waals surface area (Å²) in [5.74, 6) is 1.86.